The second kappa shape index (κ2) is 8.62. The van der Waals surface area contributed by atoms with Gasteiger partial charge in [-0.1, -0.05) is 17.7 Å². The summed E-state index contributed by atoms with van der Waals surface area (Å²) in [7, 11) is 0. The number of carbonyl (C=O) groups is 1. The first-order valence-electron chi connectivity index (χ1n) is 11.7. The third-order valence-corrected chi connectivity index (χ3v) is 7.47. The Kier molecular flexibility index (Phi) is 5.76. The summed E-state index contributed by atoms with van der Waals surface area (Å²) >= 11 is 5.85. The van der Waals surface area contributed by atoms with Crippen LogP contribution in [0.4, 0.5) is 11.6 Å². The summed E-state index contributed by atoms with van der Waals surface area (Å²) in [5, 5.41) is 13.3. The van der Waals surface area contributed by atoms with Crippen LogP contribution in [0.2, 0.25) is 5.15 Å². The van der Waals surface area contributed by atoms with Crippen molar-refractivity contribution < 1.29 is 14.3 Å². The summed E-state index contributed by atoms with van der Waals surface area (Å²) in [5.41, 5.74) is 3.99. The number of nitrogens with one attached hydrogen (secondary N) is 1. The fourth-order valence-corrected chi connectivity index (χ4v) is 5.18. The van der Waals surface area contributed by atoms with Gasteiger partial charge in [-0.05, 0) is 80.7 Å². The van der Waals surface area contributed by atoms with E-state index in [0.29, 0.717) is 46.5 Å². The van der Waals surface area contributed by atoms with Gasteiger partial charge in [-0.25, -0.2) is 9.78 Å². The van der Waals surface area contributed by atoms with Crippen molar-refractivity contribution in [3.8, 4) is 0 Å². The molecule has 2 aliphatic rings. The third-order valence-electron chi connectivity index (χ3n) is 7.26. The Morgan fingerprint density at radius 1 is 1.21 bits per heavy atom. The summed E-state index contributed by atoms with van der Waals surface area (Å²) in [6.07, 6.45) is 5.50. The normalized spacial score (nSPS) is 16.7. The molecular weight excluding hydrogens is 454 g/mol. The summed E-state index contributed by atoms with van der Waals surface area (Å²) in [6, 6.07) is 7.07. The minimum atomic E-state index is -1.15. The van der Waals surface area contributed by atoms with Gasteiger partial charge in [0.05, 0.1) is 16.6 Å². The molecule has 0 unspecified atom stereocenters. The number of aromatic nitrogens is 1. The molecule has 1 spiro atoms. The highest BCUT2D eigenvalue weighted by Crippen LogP contribution is 2.54. The Bertz CT molecular complexity index is 1340. The molecule has 3 heterocycles. The lowest BCUT2D eigenvalue weighted by atomic mass is 9.93. The van der Waals surface area contributed by atoms with E-state index in [-0.39, 0.29) is 16.3 Å². The predicted molar refractivity (Wildman–Crippen MR) is 133 cm³/mol. The molecule has 2 aromatic heterocycles. The zero-order valence-electron chi connectivity index (χ0n) is 19.4. The van der Waals surface area contributed by atoms with Crippen LogP contribution < -0.4 is 15.6 Å². The van der Waals surface area contributed by atoms with Gasteiger partial charge in [-0.3, -0.25) is 4.79 Å². The Labute approximate surface area is 202 Å². The second-order valence-electron chi connectivity index (χ2n) is 9.66. The highest BCUT2D eigenvalue weighted by molar-refractivity contribution is 6.29. The Morgan fingerprint density at radius 3 is 2.62 bits per heavy atom. The van der Waals surface area contributed by atoms with Crippen LogP contribution in [0, 0.1) is 19.3 Å². The molecule has 1 aliphatic carbocycles. The van der Waals surface area contributed by atoms with E-state index in [0.717, 1.165) is 37.1 Å². The van der Waals surface area contributed by atoms with Gasteiger partial charge in [-0.15, -0.1) is 0 Å². The van der Waals surface area contributed by atoms with Crippen LogP contribution in [-0.2, 0) is 6.42 Å². The highest BCUT2D eigenvalue weighted by atomic mass is 35.5. The van der Waals surface area contributed by atoms with E-state index < -0.39 is 5.97 Å². The summed E-state index contributed by atoms with van der Waals surface area (Å²) in [6.45, 7) is 6.09. The Morgan fingerprint density at radius 2 is 1.94 bits per heavy atom. The molecule has 1 saturated heterocycles. The number of nitrogens with zero attached hydrogens (tertiary/aromatic N) is 2. The SMILES string of the molecule is Cc1cc(CCNc2ccc(Cl)nc2C(=O)O)c2oc(N3CCC4(CC3)CC4)c(C)c(=O)c2c1. The summed E-state index contributed by atoms with van der Waals surface area (Å²) in [4.78, 5) is 30.9. The van der Waals surface area contributed by atoms with Gasteiger partial charge in [0.2, 0.25) is 5.88 Å². The molecule has 2 N–H and O–H groups in total. The maximum Gasteiger partial charge on any atom is 0.356 e. The molecule has 2 fully saturated rings. The molecule has 34 heavy (non-hydrogen) atoms. The number of rotatable bonds is 6. The predicted octanol–water partition coefficient (Wildman–Crippen LogP) is 5.19. The number of hydrogen-bond donors (Lipinski definition) is 2. The summed E-state index contributed by atoms with van der Waals surface area (Å²) < 4.78 is 6.44. The molecule has 0 bridgehead atoms. The second-order valence-corrected chi connectivity index (χ2v) is 10.0. The van der Waals surface area contributed by atoms with Crippen molar-refractivity contribution in [2.24, 2.45) is 5.41 Å². The van der Waals surface area contributed by atoms with Gasteiger partial charge in [-0.2, -0.15) is 0 Å². The molecule has 8 heteroatoms. The number of aromatic carboxylic acids is 1. The smallest absolute Gasteiger partial charge is 0.356 e. The first-order chi connectivity index (χ1) is 16.3. The lowest BCUT2D eigenvalue weighted by Crippen LogP contribution is -2.35. The minimum Gasteiger partial charge on any atom is -0.476 e. The molecule has 0 amide bonds. The molecule has 7 nitrogen and oxygen atoms in total. The fourth-order valence-electron chi connectivity index (χ4n) is 5.03. The number of fused-ring (bicyclic) bond motifs is 1. The topological polar surface area (TPSA) is 95.7 Å². The van der Waals surface area contributed by atoms with Crippen molar-refractivity contribution in [3.63, 3.8) is 0 Å². The Balaban J connectivity index is 1.43. The van der Waals surface area contributed by atoms with Crippen molar-refractivity contribution in [1.82, 2.24) is 4.98 Å². The van der Waals surface area contributed by atoms with Gasteiger partial charge in [0.25, 0.3) is 0 Å². The van der Waals surface area contributed by atoms with Crippen LogP contribution in [-0.4, -0.2) is 35.7 Å². The van der Waals surface area contributed by atoms with E-state index in [1.807, 2.05) is 26.0 Å². The molecule has 5 rings (SSSR count). The van der Waals surface area contributed by atoms with E-state index in [2.05, 4.69) is 15.2 Å². The molecule has 1 saturated carbocycles. The summed E-state index contributed by atoms with van der Waals surface area (Å²) in [5.74, 6) is -0.465. The molecule has 178 valence electrons. The zero-order chi connectivity index (χ0) is 24.0. The molecule has 3 aromatic rings. The molecule has 1 aliphatic heterocycles. The van der Waals surface area contributed by atoms with E-state index in [1.54, 1.807) is 12.1 Å². The highest BCUT2D eigenvalue weighted by Gasteiger charge is 2.45. The number of aryl methyl sites for hydroxylation is 1. The monoisotopic (exact) mass is 481 g/mol. The van der Waals surface area contributed by atoms with Gasteiger partial charge < -0.3 is 19.7 Å². The molecular formula is C26H28ClN3O4. The van der Waals surface area contributed by atoms with E-state index in [4.69, 9.17) is 16.0 Å². The average molecular weight is 482 g/mol. The van der Waals surface area contributed by atoms with Crippen molar-refractivity contribution >= 4 is 40.1 Å². The third kappa shape index (κ3) is 4.25. The van der Waals surface area contributed by atoms with Gasteiger partial charge in [0, 0.05) is 19.6 Å². The lowest BCUT2D eigenvalue weighted by molar-refractivity contribution is 0.0691. The van der Waals surface area contributed by atoms with Crippen LogP contribution >= 0.6 is 11.6 Å². The van der Waals surface area contributed by atoms with E-state index in [1.165, 1.54) is 12.8 Å². The first-order valence-corrected chi connectivity index (χ1v) is 12.1. The van der Waals surface area contributed by atoms with Crippen LogP contribution in [0.1, 0.15) is 52.9 Å². The van der Waals surface area contributed by atoms with Crippen LogP contribution in [0.25, 0.3) is 11.0 Å². The number of carboxylic acid groups (broad SMARTS) is 1. The standard InChI is InChI=1S/C26H28ClN3O4/c1-15-13-17(5-10-28-19-3-4-20(27)29-21(19)25(32)33)23-18(14-15)22(31)16(2)24(34-23)30-11-8-26(6-7-26)9-12-30/h3-4,13-14,28H,5-12H2,1-2H3,(H,32,33). The largest absolute Gasteiger partial charge is 0.476 e. The van der Waals surface area contributed by atoms with Gasteiger partial charge >= 0.3 is 5.97 Å². The van der Waals surface area contributed by atoms with Gasteiger partial charge in [0.15, 0.2) is 11.1 Å². The molecule has 1 aromatic carbocycles. The fraction of sp³-hybridized carbons (Fsp3) is 0.423. The van der Waals surface area contributed by atoms with Crippen molar-refractivity contribution in [2.75, 3.05) is 29.9 Å². The van der Waals surface area contributed by atoms with Crippen molar-refractivity contribution in [1.29, 1.82) is 0 Å². The molecule has 0 radical (unpaired) electrons. The first kappa shape index (κ1) is 22.7. The van der Waals surface area contributed by atoms with Crippen LogP contribution in [0.5, 0.6) is 0 Å². The van der Waals surface area contributed by atoms with E-state index in [9.17, 15) is 14.7 Å². The van der Waals surface area contributed by atoms with Crippen molar-refractivity contribution in [3.05, 3.63) is 62.0 Å². The van der Waals surface area contributed by atoms with Crippen LogP contribution in [0.15, 0.2) is 33.5 Å². The number of halogens is 1. The van der Waals surface area contributed by atoms with Crippen LogP contribution in [0.3, 0.4) is 0 Å². The number of carboxylic acids is 1. The van der Waals surface area contributed by atoms with E-state index >= 15 is 0 Å². The number of pyridine rings is 1. The number of anilines is 2. The maximum absolute atomic E-state index is 13.3. The average Bonchev–Trinajstić information content (AvgIpc) is 3.57. The number of benzene rings is 1. The Hall–Kier alpha value is -3.06. The van der Waals surface area contributed by atoms with Crippen molar-refractivity contribution in [2.45, 2.75) is 46.0 Å². The maximum atomic E-state index is 13.3. The zero-order valence-corrected chi connectivity index (χ0v) is 20.2. The minimum absolute atomic E-state index is 0.0101. The molecule has 0 atom stereocenters. The number of hydrogen-bond acceptors (Lipinski definition) is 6. The number of piperidine rings is 1. The van der Waals surface area contributed by atoms with Gasteiger partial charge in [0.1, 0.15) is 10.7 Å². The quantitative estimate of drug-likeness (QED) is 0.467. The lowest BCUT2D eigenvalue weighted by Gasteiger charge is -2.33.